The van der Waals surface area contributed by atoms with Crippen LogP contribution in [-0.2, 0) is 13.2 Å². The molecular formula is C18H19FN6O3S. The molecule has 152 valence electrons. The van der Waals surface area contributed by atoms with E-state index in [9.17, 15) is 14.0 Å². The van der Waals surface area contributed by atoms with Gasteiger partial charge in [0.15, 0.2) is 0 Å². The Labute approximate surface area is 169 Å². The van der Waals surface area contributed by atoms with Gasteiger partial charge < -0.3 is 20.4 Å². The first-order valence-electron chi connectivity index (χ1n) is 8.71. The monoisotopic (exact) mass is 418 g/mol. The van der Waals surface area contributed by atoms with Crippen LogP contribution in [0.2, 0.25) is 0 Å². The smallest absolute Gasteiger partial charge is 0.319 e. The van der Waals surface area contributed by atoms with Crippen LogP contribution in [0.15, 0.2) is 43.0 Å². The molecule has 0 saturated carbocycles. The molecule has 0 fully saturated rings. The number of carbonyl (C=O) groups excluding carboxylic acids is 2. The van der Waals surface area contributed by atoms with E-state index in [1.165, 1.54) is 6.07 Å². The minimum Gasteiger partial charge on any atom is -0.471 e. The molecule has 11 heteroatoms. The molecule has 0 aliphatic rings. The summed E-state index contributed by atoms with van der Waals surface area (Å²) in [6.07, 6.45) is 5.91. The predicted octanol–water partition coefficient (Wildman–Crippen LogP) is 2.37. The van der Waals surface area contributed by atoms with Gasteiger partial charge in [-0.15, -0.1) is 0 Å². The van der Waals surface area contributed by atoms with Crippen LogP contribution >= 0.6 is 11.5 Å². The molecule has 0 spiro atoms. The van der Waals surface area contributed by atoms with Gasteiger partial charge in [-0.3, -0.25) is 10.1 Å². The van der Waals surface area contributed by atoms with Crippen LogP contribution in [0.5, 0.6) is 5.88 Å². The first kappa shape index (κ1) is 20.3. The number of halogens is 1. The van der Waals surface area contributed by atoms with Gasteiger partial charge >= 0.3 is 6.03 Å². The summed E-state index contributed by atoms with van der Waals surface area (Å²) >= 11 is 0.855. The number of imidazole rings is 1. The number of amides is 3. The molecule has 0 saturated heterocycles. The molecule has 3 rings (SSSR count). The molecule has 0 atom stereocenters. The molecule has 29 heavy (non-hydrogen) atoms. The first-order valence-corrected chi connectivity index (χ1v) is 9.48. The minimum atomic E-state index is -0.808. The lowest BCUT2D eigenvalue weighted by molar-refractivity contribution is 0.0996. The second-order valence-corrected chi connectivity index (χ2v) is 6.74. The second-order valence-electron chi connectivity index (χ2n) is 5.97. The molecule has 2 aromatic heterocycles. The van der Waals surface area contributed by atoms with Crippen LogP contribution in [0.4, 0.5) is 14.2 Å². The summed E-state index contributed by atoms with van der Waals surface area (Å²) in [5, 5.41) is 5.39. The number of primary amides is 1. The number of urea groups is 1. The van der Waals surface area contributed by atoms with Crippen molar-refractivity contribution in [3.05, 3.63) is 59.9 Å². The lowest BCUT2D eigenvalue weighted by Gasteiger charge is -2.08. The van der Waals surface area contributed by atoms with E-state index < -0.39 is 17.8 Å². The zero-order chi connectivity index (χ0) is 20.6. The molecule has 3 amide bonds. The van der Waals surface area contributed by atoms with E-state index in [0.717, 1.165) is 11.5 Å². The molecule has 1 aromatic carbocycles. The Kier molecular flexibility index (Phi) is 6.74. The lowest BCUT2D eigenvalue weighted by atomic mass is 10.2. The van der Waals surface area contributed by atoms with E-state index in [2.05, 4.69) is 20.0 Å². The quantitative estimate of drug-likeness (QED) is 0.460. The molecule has 3 aromatic rings. The fraction of sp³-hybridized carbons (Fsp3) is 0.222. The van der Waals surface area contributed by atoms with Crippen LogP contribution in [0.3, 0.4) is 0 Å². The molecule has 0 aliphatic heterocycles. The number of benzene rings is 1. The SMILES string of the molecule is NC(=O)c1c(OCc2ccccc2F)nsc1NC(=O)NCCCn1ccnc1. The van der Waals surface area contributed by atoms with E-state index in [1.54, 1.807) is 30.7 Å². The summed E-state index contributed by atoms with van der Waals surface area (Å²) < 4.78 is 25.1. The average molecular weight is 418 g/mol. The third-order valence-corrected chi connectivity index (χ3v) is 4.64. The summed E-state index contributed by atoms with van der Waals surface area (Å²) in [5.74, 6) is -1.30. The number of hydrogen-bond acceptors (Lipinski definition) is 6. The van der Waals surface area contributed by atoms with Crippen molar-refractivity contribution < 1.29 is 18.7 Å². The maximum Gasteiger partial charge on any atom is 0.319 e. The molecule has 0 bridgehead atoms. The number of aromatic nitrogens is 3. The Morgan fingerprint density at radius 3 is 2.86 bits per heavy atom. The van der Waals surface area contributed by atoms with Gasteiger partial charge in [-0.1, -0.05) is 18.2 Å². The van der Waals surface area contributed by atoms with Crippen molar-refractivity contribution in [1.82, 2.24) is 19.2 Å². The number of nitrogens with two attached hydrogens (primary N) is 1. The number of ether oxygens (including phenoxy) is 1. The number of rotatable bonds is 9. The zero-order valence-corrected chi connectivity index (χ0v) is 16.1. The summed E-state index contributed by atoms with van der Waals surface area (Å²) in [6, 6.07) is 5.59. The first-order chi connectivity index (χ1) is 14.0. The number of nitrogens with one attached hydrogen (secondary N) is 2. The third-order valence-electron chi connectivity index (χ3n) is 3.89. The standard InChI is InChI=1S/C18H19FN6O3S/c19-13-5-2-1-4-12(13)10-28-16-14(15(20)26)17(29-24-16)23-18(27)22-6-3-8-25-9-7-21-11-25/h1-2,4-5,7,9,11H,3,6,8,10H2,(H2,20,26)(H2,22,23,27). The Balaban J connectivity index is 1.55. The fourth-order valence-electron chi connectivity index (χ4n) is 2.47. The maximum atomic E-state index is 13.7. The van der Waals surface area contributed by atoms with Crippen LogP contribution in [0.1, 0.15) is 22.3 Å². The molecular weight excluding hydrogens is 399 g/mol. The van der Waals surface area contributed by atoms with Crippen molar-refractivity contribution in [2.45, 2.75) is 19.6 Å². The largest absolute Gasteiger partial charge is 0.471 e. The highest BCUT2D eigenvalue weighted by Gasteiger charge is 2.22. The van der Waals surface area contributed by atoms with Crippen LogP contribution in [0.25, 0.3) is 0 Å². The highest BCUT2D eigenvalue weighted by molar-refractivity contribution is 7.11. The Bertz CT molecular complexity index is 976. The lowest BCUT2D eigenvalue weighted by Crippen LogP contribution is -2.30. The third kappa shape index (κ3) is 5.51. The second kappa shape index (κ2) is 9.64. The van der Waals surface area contributed by atoms with Gasteiger partial charge in [-0.25, -0.2) is 14.2 Å². The Morgan fingerprint density at radius 1 is 1.31 bits per heavy atom. The Hall–Kier alpha value is -3.47. The molecule has 0 unspecified atom stereocenters. The maximum absolute atomic E-state index is 13.7. The van der Waals surface area contributed by atoms with Gasteiger partial charge in [0.25, 0.3) is 5.91 Å². The van der Waals surface area contributed by atoms with Crippen molar-refractivity contribution >= 4 is 28.5 Å². The predicted molar refractivity (Wildman–Crippen MR) is 105 cm³/mol. The van der Waals surface area contributed by atoms with Gasteiger partial charge in [0, 0.05) is 31.0 Å². The number of anilines is 1. The Morgan fingerprint density at radius 2 is 2.14 bits per heavy atom. The summed E-state index contributed by atoms with van der Waals surface area (Å²) in [5.41, 5.74) is 5.65. The normalized spacial score (nSPS) is 10.5. The van der Waals surface area contributed by atoms with E-state index in [4.69, 9.17) is 10.5 Å². The topological polar surface area (TPSA) is 124 Å². The van der Waals surface area contributed by atoms with Gasteiger partial charge in [0.2, 0.25) is 5.88 Å². The number of aryl methyl sites for hydroxylation is 1. The van der Waals surface area contributed by atoms with Gasteiger partial charge in [-0.05, 0) is 24.0 Å². The summed E-state index contributed by atoms with van der Waals surface area (Å²) in [6.45, 7) is 1.00. The van der Waals surface area contributed by atoms with Crippen LogP contribution in [0, 0.1) is 5.82 Å². The van der Waals surface area contributed by atoms with Crippen molar-refractivity contribution in [3.63, 3.8) is 0 Å². The van der Waals surface area contributed by atoms with Gasteiger partial charge in [0.05, 0.1) is 6.33 Å². The highest BCUT2D eigenvalue weighted by atomic mass is 32.1. The van der Waals surface area contributed by atoms with Crippen molar-refractivity contribution in [1.29, 1.82) is 0 Å². The van der Waals surface area contributed by atoms with Gasteiger partial charge in [0.1, 0.15) is 23.0 Å². The highest BCUT2D eigenvalue weighted by Crippen LogP contribution is 2.30. The molecule has 2 heterocycles. The summed E-state index contributed by atoms with van der Waals surface area (Å²) in [7, 11) is 0. The fourth-order valence-corrected chi connectivity index (χ4v) is 3.20. The average Bonchev–Trinajstić information content (AvgIpc) is 3.34. The van der Waals surface area contributed by atoms with Crippen LogP contribution < -0.4 is 21.1 Å². The van der Waals surface area contributed by atoms with Crippen LogP contribution in [-0.4, -0.2) is 32.4 Å². The molecule has 4 N–H and O–H groups in total. The van der Waals surface area contributed by atoms with Crippen molar-refractivity contribution in [2.75, 3.05) is 11.9 Å². The van der Waals surface area contributed by atoms with Crippen molar-refractivity contribution in [3.8, 4) is 5.88 Å². The summed E-state index contributed by atoms with van der Waals surface area (Å²) in [4.78, 5) is 27.8. The molecule has 9 nitrogen and oxygen atoms in total. The minimum absolute atomic E-state index is 0.0545. The number of carbonyl (C=O) groups is 2. The van der Waals surface area contributed by atoms with Crippen molar-refractivity contribution in [2.24, 2.45) is 5.73 Å². The van der Waals surface area contributed by atoms with E-state index in [-0.39, 0.29) is 23.1 Å². The number of hydrogen-bond donors (Lipinski definition) is 3. The van der Waals surface area contributed by atoms with E-state index >= 15 is 0 Å². The van der Waals surface area contributed by atoms with E-state index in [0.29, 0.717) is 25.1 Å². The van der Waals surface area contributed by atoms with E-state index in [1.807, 2.05) is 10.8 Å². The van der Waals surface area contributed by atoms with Gasteiger partial charge in [-0.2, -0.15) is 4.37 Å². The molecule has 0 radical (unpaired) electrons. The molecule has 0 aliphatic carbocycles. The zero-order valence-electron chi connectivity index (χ0n) is 15.3. The number of nitrogens with zero attached hydrogens (tertiary/aromatic N) is 3.